The van der Waals surface area contributed by atoms with Gasteiger partial charge in [0.15, 0.2) is 11.5 Å². The molecule has 1 aliphatic rings. The maximum Gasteiger partial charge on any atom is 0.367 e. The summed E-state index contributed by atoms with van der Waals surface area (Å²) in [6, 6.07) is 41.0. The van der Waals surface area contributed by atoms with Crippen LogP contribution >= 0.6 is 0 Å². The van der Waals surface area contributed by atoms with Crippen molar-refractivity contribution < 1.29 is 19.7 Å². The van der Waals surface area contributed by atoms with E-state index in [0.717, 1.165) is 22.3 Å². The average molecular weight is 505 g/mol. The highest BCUT2D eigenvalue weighted by Gasteiger charge is 2.34. The first-order valence-electron chi connectivity index (χ1n) is 13.0. The van der Waals surface area contributed by atoms with Crippen molar-refractivity contribution in [3.05, 3.63) is 167 Å². The molecular weight excluding hydrogens is 472 g/mol. The molecule has 2 N–H and O–H groups in total. The second kappa shape index (κ2) is 12.2. The summed E-state index contributed by atoms with van der Waals surface area (Å²) in [5.41, 5.74) is 4.63. The maximum atomic E-state index is 10.5. The molecule has 0 spiro atoms. The van der Waals surface area contributed by atoms with Crippen LogP contribution in [0.3, 0.4) is 0 Å². The van der Waals surface area contributed by atoms with Crippen molar-refractivity contribution >= 4 is 0 Å². The number of aliphatic hydroxyl groups is 2. The van der Waals surface area contributed by atoms with E-state index < -0.39 is 11.9 Å². The van der Waals surface area contributed by atoms with Crippen LogP contribution in [0.4, 0.5) is 0 Å². The summed E-state index contributed by atoms with van der Waals surface area (Å²) in [5.74, 6) is -0.339. The zero-order valence-electron chi connectivity index (χ0n) is 21.2. The minimum absolute atomic E-state index is 0.126. The quantitative estimate of drug-likeness (QED) is 0.232. The SMILES string of the molecule is OC1=C(O)OC(C(Cc2ccccc2)Cc2ccccc2)=C(C(Cc2ccccc2)Cc2ccccc2)O1. The largest absolute Gasteiger partial charge is 0.476 e. The van der Waals surface area contributed by atoms with Crippen LogP contribution < -0.4 is 0 Å². The third kappa shape index (κ3) is 6.46. The minimum Gasteiger partial charge on any atom is -0.476 e. The van der Waals surface area contributed by atoms with Crippen LogP contribution in [0.15, 0.2) is 145 Å². The first-order chi connectivity index (χ1) is 18.7. The highest BCUT2D eigenvalue weighted by Crippen LogP contribution is 2.37. The van der Waals surface area contributed by atoms with Gasteiger partial charge < -0.3 is 19.7 Å². The number of hydrogen-bond donors (Lipinski definition) is 2. The summed E-state index contributed by atoms with van der Waals surface area (Å²) < 4.78 is 12.0. The summed E-state index contributed by atoms with van der Waals surface area (Å²) in [5, 5.41) is 20.9. The first-order valence-corrected chi connectivity index (χ1v) is 13.0. The molecule has 0 saturated heterocycles. The van der Waals surface area contributed by atoms with Gasteiger partial charge in [0.2, 0.25) is 0 Å². The van der Waals surface area contributed by atoms with Crippen molar-refractivity contribution in [2.75, 3.05) is 0 Å². The van der Waals surface area contributed by atoms with Gasteiger partial charge in [-0.15, -0.1) is 0 Å². The van der Waals surface area contributed by atoms with E-state index in [4.69, 9.17) is 9.47 Å². The molecule has 4 heteroatoms. The Bertz CT molecular complexity index is 1170. The standard InChI is InChI=1S/C34H32O4/c35-33-34(36)38-32(30(23-27-17-9-3-10-18-27)24-28-19-11-4-12-20-28)31(37-33)29(21-25-13-5-1-6-14-25)22-26-15-7-2-8-16-26/h1-20,29-30,35-36H,21-24H2. The van der Waals surface area contributed by atoms with Gasteiger partial charge in [-0.3, -0.25) is 0 Å². The fourth-order valence-electron chi connectivity index (χ4n) is 5.07. The molecule has 0 aliphatic carbocycles. The third-order valence-corrected chi connectivity index (χ3v) is 6.88. The van der Waals surface area contributed by atoms with Gasteiger partial charge in [-0.25, -0.2) is 0 Å². The van der Waals surface area contributed by atoms with Crippen LogP contribution in [-0.2, 0) is 35.2 Å². The molecule has 0 fully saturated rings. The number of hydrogen-bond acceptors (Lipinski definition) is 4. The van der Waals surface area contributed by atoms with E-state index in [1.165, 1.54) is 0 Å². The second-order valence-electron chi connectivity index (χ2n) is 9.70. The van der Waals surface area contributed by atoms with Crippen LogP contribution in [0.5, 0.6) is 0 Å². The number of rotatable bonds is 10. The summed E-state index contributed by atoms with van der Waals surface area (Å²) in [4.78, 5) is 0. The lowest BCUT2D eigenvalue weighted by molar-refractivity contribution is -0.00338. The van der Waals surface area contributed by atoms with Crippen LogP contribution in [0.1, 0.15) is 22.3 Å². The van der Waals surface area contributed by atoms with E-state index in [0.29, 0.717) is 37.2 Å². The predicted molar refractivity (Wildman–Crippen MR) is 149 cm³/mol. The molecule has 4 aromatic carbocycles. The molecule has 192 valence electrons. The molecule has 38 heavy (non-hydrogen) atoms. The average Bonchev–Trinajstić information content (AvgIpc) is 2.96. The Morgan fingerprint density at radius 1 is 0.395 bits per heavy atom. The molecule has 4 nitrogen and oxygen atoms in total. The summed E-state index contributed by atoms with van der Waals surface area (Å²) in [7, 11) is 0. The first kappa shape index (κ1) is 25.2. The van der Waals surface area contributed by atoms with Gasteiger partial charge in [0.05, 0.1) is 0 Å². The Hall–Kier alpha value is -4.44. The van der Waals surface area contributed by atoms with Gasteiger partial charge >= 0.3 is 11.9 Å². The molecule has 0 saturated carbocycles. The lowest BCUT2D eigenvalue weighted by Crippen LogP contribution is -2.26. The molecule has 0 radical (unpaired) electrons. The Labute approximate surface area is 224 Å². The van der Waals surface area contributed by atoms with Gasteiger partial charge in [0, 0.05) is 11.8 Å². The van der Waals surface area contributed by atoms with Crippen LogP contribution in [0.25, 0.3) is 0 Å². The fraction of sp³-hybridized carbons (Fsp3) is 0.176. The molecule has 1 aliphatic heterocycles. The molecule has 0 unspecified atom stereocenters. The van der Waals surface area contributed by atoms with Gasteiger partial charge in [0.1, 0.15) is 0 Å². The smallest absolute Gasteiger partial charge is 0.367 e. The van der Waals surface area contributed by atoms with E-state index in [2.05, 4.69) is 48.5 Å². The van der Waals surface area contributed by atoms with Crippen molar-refractivity contribution in [2.24, 2.45) is 11.8 Å². The molecule has 0 bridgehead atoms. The maximum absolute atomic E-state index is 10.5. The van der Waals surface area contributed by atoms with E-state index in [9.17, 15) is 10.2 Å². The molecule has 0 aromatic heterocycles. The molecular formula is C34H32O4. The topological polar surface area (TPSA) is 58.9 Å². The van der Waals surface area contributed by atoms with Crippen molar-refractivity contribution in [1.82, 2.24) is 0 Å². The Morgan fingerprint density at radius 2 is 0.632 bits per heavy atom. The van der Waals surface area contributed by atoms with Crippen LogP contribution in [0, 0.1) is 11.8 Å². The van der Waals surface area contributed by atoms with E-state index in [1.54, 1.807) is 0 Å². The zero-order valence-corrected chi connectivity index (χ0v) is 21.2. The lowest BCUT2D eigenvalue weighted by atomic mass is 9.85. The monoisotopic (exact) mass is 504 g/mol. The summed E-state index contributed by atoms with van der Waals surface area (Å²) in [6.07, 6.45) is 2.76. The number of aliphatic hydroxyl groups excluding tert-OH is 2. The fourth-order valence-corrected chi connectivity index (χ4v) is 5.07. The van der Waals surface area contributed by atoms with E-state index in [1.807, 2.05) is 72.8 Å². The van der Waals surface area contributed by atoms with E-state index in [-0.39, 0.29) is 11.8 Å². The molecule has 0 atom stereocenters. The Balaban J connectivity index is 1.58. The van der Waals surface area contributed by atoms with Crippen molar-refractivity contribution in [1.29, 1.82) is 0 Å². The molecule has 0 amide bonds. The van der Waals surface area contributed by atoms with E-state index >= 15 is 0 Å². The highest BCUT2D eigenvalue weighted by molar-refractivity contribution is 5.28. The van der Waals surface area contributed by atoms with Gasteiger partial charge in [-0.1, -0.05) is 121 Å². The number of allylic oxidation sites excluding steroid dienone is 2. The highest BCUT2D eigenvalue weighted by atomic mass is 16.7. The molecule has 4 aromatic rings. The number of ether oxygens (including phenoxy) is 2. The van der Waals surface area contributed by atoms with Crippen LogP contribution in [0.2, 0.25) is 0 Å². The summed E-state index contributed by atoms with van der Waals surface area (Å²) >= 11 is 0. The van der Waals surface area contributed by atoms with Crippen molar-refractivity contribution in [3.8, 4) is 0 Å². The predicted octanol–water partition coefficient (Wildman–Crippen LogP) is 7.69. The Kier molecular flexibility index (Phi) is 8.10. The second-order valence-corrected chi connectivity index (χ2v) is 9.70. The normalized spacial score (nSPS) is 13.5. The number of benzene rings is 4. The van der Waals surface area contributed by atoms with Crippen LogP contribution in [-0.4, -0.2) is 10.2 Å². The summed E-state index contributed by atoms with van der Waals surface area (Å²) in [6.45, 7) is 0. The molecule has 5 rings (SSSR count). The van der Waals surface area contributed by atoms with Gasteiger partial charge in [0.25, 0.3) is 0 Å². The molecule has 1 heterocycles. The lowest BCUT2D eigenvalue weighted by Gasteiger charge is -2.30. The van der Waals surface area contributed by atoms with Crippen molar-refractivity contribution in [2.45, 2.75) is 25.7 Å². The Morgan fingerprint density at radius 3 is 0.868 bits per heavy atom. The van der Waals surface area contributed by atoms with Gasteiger partial charge in [-0.05, 0) is 47.9 Å². The third-order valence-electron chi connectivity index (χ3n) is 6.88. The van der Waals surface area contributed by atoms with Gasteiger partial charge in [-0.2, -0.15) is 0 Å². The minimum atomic E-state index is -0.604. The zero-order chi connectivity index (χ0) is 26.2. The van der Waals surface area contributed by atoms with Crippen molar-refractivity contribution in [3.63, 3.8) is 0 Å².